The second-order valence-electron chi connectivity index (χ2n) is 7.58. The van der Waals surface area contributed by atoms with Gasteiger partial charge in [-0.3, -0.25) is 9.59 Å². The van der Waals surface area contributed by atoms with Crippen molar-refractivity contribution in [2.24, 2.45) is 0 Å². The Morgan fingerprint density at radius 1 is 0.886 bits per heavy atom. The van der Waals surface area contributed by atoms with Crippen LogP contribution in [0.15, 0.2) is 67.3 Å². The maximum atomic E-state index is 13.7. The molecule has 1 N–H and O–H groups in total. The number of nitrogens with zero attached hydrogens (tertiary/aromatic N) is 3. The van der Waals surface area contributed by atoms with E-state index in [1.807, 2.05) is 36.4 Å². The first-order chi connectivity index (χ1) is 16.9. The number of nitrogens with one attached hydrogen (secondary N) is 1. The van der Waals surface area contributed by atoms with E-state index in [9.17, 15) is 9.59 Å². The number of methoxy groups -OCH3 is 3. The molecule has 4 aromatic rings. The fraction of sp³-hybridized carbons (Fsp3) is 0.154. The van der Waals surface area contributed by atoms with E-state index < -0.39 is 0 Å². The summed E-state index contributed by atoms with van der Waals surface area (Å²) in [5.74, 6) is 0.746. The van der Waals surface area contributed by atoms with E-state index in [4.69, 9.17) is 14.2 Å². The number of amides is 1. The van der Waals surface area contributed by atoms with Gasteiger partial charge in [-0.1, -0.05) is 18.2 Å². The molecule has 1 aromatic heterocycles. The van der Waals surface area contributed by atoms with Crippen molar-refractivity contribution < 1.29 is 23.8 Å². The lowest BCUT2D eigenvalue weighted by Gasteiger charge is -2.15. The Kier molecular flexibility index (Phi) is 6.77. The number of benzene rings is 3. The molecule has 0 aliphatic heterocycles. The number of aromatic nitrogens is 3. The Morgan fingerprint density at radius 3 is 2.20 bits per heavy atom. The van der Waals surface area contributed by atoms with Gasteiger partial charge in [0.1, 0.15) is 12.7 Å². The molecule has 0 saturated carbocycles. The summed E-state index contributed by atoms with van der Waals surface area (Å²) < 4.78 is 17.7. The molecular formula is C26H24N4O5. The van der Waals surface area contributed by atoms with E-state index >= 15 is 0 Å². The van der Waals surface area contributed by atoms with Crippen LogP contribution in [0.1, 0.15) is 22.8 Å². The summed E-state index contributed by atoms with van der Waals surface area (Å²) in [6.07, 6.45) is 2.93. The van der Waals surface area contributed by atoms with Crippen LogP contribution >= 0.6 is 0 Å². The lowest BCUT2D eigenvalue weighted by molar-refractivity contribution is -0.114. The Balaban J connectivity index is 1.82. The van der Waals surface area contributed by atoms with Gasteiger partial charge < -0.3 is 19.5 Å². The molecule has 3 aromatic carbocycles. The lowest BCUT2D eigenvalue weighted by Crippen LogP contribution is -2.09. The van der Waals surface area contributed by atoms with E-state index in [0.29, 0.717) is 39.8 Å². The molecule has 0 aliphatic rings. The number of ether oxygens (including phenoxy) is 3. The Hall–Kier alpha value is -4.66. The van der Waals surface area contributed by atoms with Crippen LogP contribution < -0.4 is 19.5 Å². The zero-order valence-corrected chi connectivity index (χ0v) is 19.7. The van der Waals surface area contributed by atoms with Crippen LogP contribution in [0.5, 0.6) is 17.2 Å². The number of rotatable bonds is 8. The Bertz CT molecular complexity index is 1360. The van der Waals surface area contributed by atoms with Gasteiger partial charge in [0.2, 0.25) is 11.7 Å². The number of hydrogen-bond acceptors (Lipinski definition) is 7. The molecule has 0 radical (unpaired) electrons. The maximum Gasteiger partial charge on any atom is 0.221 e. The average Bonchev–Trinajstić information content (AvgIpc) is 3.41. The van der Waals surface area contributed by atoms with Crippen LogP contribution in [0.3, 0.4) is 0 Å². The number of carbonyl (C=O) groups is 2. The van der Waals surface area contributed by atoms with E-state index in [0.717, 1.165) is 11.1 Å². The van der Waals surface area contributed by atoms with Gasteiger partial charge in [-0.05, 0) is 47.5 Å². The molecule has 0 atom stereocenters. The summed E-state index contributed by atoms with van der Waals surface area (Å²) in [5, 5.41) is 7.02. The quantitative estimate of drug-likeness (QED) is 0.384. The molecule has 0 aliphatic carbocycles. The maximum absolute atomic E-state index is 13.7. The van der Waals surface area contributed by atoms with Gasteiger partial charge in [-0.25, -0.2) is 9.67 Å². The SMILES string of the molecule is COc1cc(C(=O)c2ccc(-c3cccc(NC(C)=O)c3)cc2-n2cncn2)cc(OC)c1OC. The van der Waals surface area contributed by atoms with Crippen molar-refractivity contribution in [3.63, 3.8) is 0 Å². The fourth-order valence-corrected chi connectivity index (χ4v) is 3.77. The van der Waals surface area contributed by atoms with Crippen LogP contribution in [0.25, 0.3) is 16.8 Å². The minimum atomic E-state index is -0.256. The van der Waals surface area contributed by atoms with Crippen molar-refractivity contribution in [1.82, 2.24) is 14.8 Å². The highest BCUT2D eigenvalue weighted by atomic mass is 16.5. The molecule has 178 valence electrons. The molecule has 0 unspecified atom stereocenters. The highest BCUT2D eigenvalue weighted by Gasteiger charge is 2.21. The van der Waals surface area contributed by atoms with Crippen LogP contribution in [-0.4, -0.2) is 47.8 Å². The number of anilines is 1. The molecule has 1 heterocycles. The normalized spacial score (nSPS) is 10.5. The lowest BCUT2D eigenvalue weighted by atomic mass is 9.96. The van der Waals surface area contributed by atoms with Crippen LogP contribution in [0.4, 0.5) is 5.69 Å². The molecular weight excluding hydrogens is 448 g/mol. The summed E-state index contributed by atoms with van der Waals surface area (Å²) in [6, 6.07) is 16.1. The highest BCUT2D eigenvalue weighted by molar-refractivity contribution is 6.12. The van der Waals surface area contributed by atoms with Gasteiger partial charge in [-0.15, -0.1) is 0 Å². The van der Waals surface area contributed by atoms with E-state index in [2.05, 4.69) is 15.4 Å². The van der Waals surface area contributed by atoms with Gasteiger partial charge in [0.05, 0.1) is 27.0 Å². The number of carbonyl (C=O) groups excluding carboxylic acids is 2. The summed E-state index contributed by atoms with van der Waals surface area (Å²) in [4.78, 5) is 29.2. The topological polar surface area (TPSA) is 105 Å². The third-order valence-electron chi connectivity index (χ3n) is 5.35. The van der Waals surface area contributed by atoms with Crippen molar-refractivity contribution in [2.45, 2.75) is 6.92 Å². The summed E-state index contributed by atoms with van der Waals surface area (Å²) in [7, 11) is 4.50. The minimum Gasteiger partial charge on any atom is -0.493 e. The van der Waals surface area contributed by atoms with Gasteiger partial charge in [-0.2, -0.15) is 5.10 Å². The van der Waals surface area contributed by atoms with Crippen molar-refractivity contribution in [2.75, 3.05) is 26.6 Å². The van der Waals surface area contributed by atoms with Crippen molar-refractivity contribution in [3.05, 3.63) is 78.4 Å². The second-order valence-corrected chi connectivity index (χ2v) is 7.58. The Morgan fingerprint density at radius 2 is 1.60 bits per heavy atom. The van der Waals surface area contributed by atoms with Crippen LogP contribution in [-0.2, 0) is 4.79 Å². The largest absolute Gasteiger partial charge is 0.493 e. The zero-order chi connectivity index (χ0) is 24.9. The van der Waals surface area contributed by atoms with Crippen molar-refractivity contribution in [3.8, 4) is 34.1 Å². The van der Waals surface area contributed by atoms with Crippen molar-refractivity contribution in [1.29, 1.82) is 0 Å². The van der Waals surface area contributed by atoms with Gasteiger partial charge >= 0.3 is 0 Å². The van der Waals surface area contributed by atoms with E-state index in [-0.39, 0.29) is 11.7 Å². The van der Waals surface area contributed by atoms with Gasteiger partial charge in [0.15, 0.2) is 17.3 Å². The number of hydrogen-bond donors (Lipinski definition) is 1. The standard InChI is InChI=1S/C26H24N4O5/c1-16(31)29-20-7-5-6-17(10-20)18-8-9-21(22(11-18)30-15-27-14-28-30)25(32)19-12-23(33-2)26(35-4)24(13-19)34-3/h5-15H,1-4H3,(H,29,31). The first kappa shape index (κ1) is 23.5. The molecule has 1 amide bonds. The molecule has 0 spiro atoms. The van der Waals surface area contributed by atoms with E-state index in [1.165, 1.54) is 45.6 Å². The Labute approximate surface area is 202 Å². The molecule has 0 saturated heterocycles. The summed E-state index contributed by atoms with van der Waals surface area (Å²) in [5.41, 5.74) is 3.69. The molecule has 9 heteroatoms. The predicted octanol–water partition coefficient (Wildman–Crippen LogP) is 4.15. The van der Waals surface area contributed by atoms with Crippen LogP contribution in [0.2, 0.25) is 0 Å². The first-order valence-corrected chi connectivity index (χ1v) is 10.7. The minimum absolute atomic E-state index is 0.156. The predicted molar refractivity (Wildman–Crippen MR) is 131 cm³/mol. The summed E-state index contributed by atoms with van der Waals surface area (Å²) >= 11 is 0. The third kappa shape index (κ3) is 4.84. The average molecular weight is 473 g/mol. The summed E-state index contributed by atoms with van der Waals surface area (Å²) in [6.45, 7) is 1.46. The fourth-order valence-electron chi connectivity index (χ4n) is 3.77. The highest BCUT2D eigenvalue weighted by Crippen LogP contribution is 2.39. The van der Waals surface area contributed by atoms with Crippen LogP contribution in [0, 0.1) is 0 Å². The second kappa shape index (κ2) is 10.1. The molecule has 0 bridgehead atoms. The number of ketones is 1. The first-order valence-electron chi connectivity index (χ1n) is 10.7. The monoisotopic (exact) mass is 472 g/mol. The van der Waals surface area contributed by atoms with Gasteiger partial charge in [0, 0.05) is 23.7 Å². The molecule has 9 nitrogen and oxygen atoms in total. The molecule has 4 rings (SSSR count). The van der Waals surface area contributed by atoms with Gasteiger partial charge in [0.25, 0.3) is 0 Å². The molecule has 35 heavy (non-hydrogen) atoms. The zero-order valence-electron chi connectivity index (χ0n) is 19.7. The van der Waals surface area contributed by atoms with Crippen molar-refractivity contribution >= 4 is 17.4 Å². The van der Waals surface area contributed by atoms with E-state index in [1.54, 1.807) is 18.2 Å². The molecule has 0 fully saturated rings. The third-order valence-corrected chi connectivity index (χ3v) is 5.35. The smallest absolute Gasteiger partial charge is 0.221 e.